The summed E-state index contributed by atoms with van der Waals surface area (Å²) in [6.07, 6.45) is -1.49. The molecule has 2 rings (SSSR count). The van der Waals surface area contributed by atoms with Crippen molar-refractivity contribution in [3.05, 3.63) is 69.8 Å². The summed E-state index contributed by atoms with van der Waals surface area (Å²) in [6, 6.07) is 11.2. The van der Waals surface area contributed by atoms with Crippen LogP contribution in [-0.2, 0) is 0 Å². The predicted molar refractivity (Wildman–Crippen MR) is 116 cm³/mol. The highest BCUT2D eigenvalue weighted by atomic mass is 35.6. The van der Waals surface area contributed by atoms with Crippen LogP contribution in [0, 0.1) is 17.0 Å². The molecule has 0 bridgehead atoms. The van der Waals surface area contributed by atoms with Gasteiger partial charge in [0.2, 0.25) is 3.79 Å². The van der Waals surface area contributed by atoms with Gasteiger partial charge in [0.05, 0.1) is 4.92 Å². The molecule has 0 fully saturated rings. The number of anilines is 1. The minimum Gasteiger partial charge on any atom is -0.327 e. The van der Waals surface area contributed by atoms with Gasteiger partial charge in [-0.1, -0.05) is 77.4 Å². The number of amides is 3. The van der Waals surface area contributed by atoms with Gasteiger partial charge in [-0.05, 0) is 25.1 Å². The van der Waals surface area contributed by atoms with Gasteiger partial charge in [0.15, 0.2) is 6.17 Å². The minimum absolute atomic E-state index is 0.0883. The number of nitrogens with zero attached hydrogens (tertiary/aromatic N) is 2. The molecular weight excluding hydrogens is 463 g/mol. The summed E-state index contributed by atoms with van der Waals surface area (Å²) in [4.78, 5) is 35.5. The Morgan fingerprint density at radius 3 is 2.41 bits per heavy atom. The van der Waals surface area contributed by atoms with Crippen LogP contribution in [0.5, 0.6) is 0 Å². The summed E-state index contributed by atoms with van der Waals surface area (Å²) < 4.78 is -1.52. The molecule has 3 amide bonds. The van der Waals surface area contributed by atoms with E-state index in [1.54, 1.807) is 31.2 Å². The summed E-state index contributed by atoms with van der Waals surface area (Å²) in [5.74, 6) is -0.609. The second-order valence-electron chi connectivity index (χ2n) is 5.84. The molecule has 154 valence electrons. The van der Waals surface area contributed by atoms with Crippen molar-refractivity contribution < 1.29 is 14.5 Å². The predicted octanol–water partition coefficient (Wildman–Crippen LogP) is 4.71. The number of para-hydroxylation sites is 2. The molecule has 0 aliphatic carbocycles. The van der Waals surface area contributed by atoms with Crippen LogP contribution < -0.4 is 10.6 Å². The molecule has 0 heterocycles. The van der Waals surface area contributed by atoms with E-state index in [0.29, 0.717) is 4.31 Å². The molecule has 0 aliphatic heterocycles. The Morgan fingerprint density at radius 2 is 1.83 bits per heavy atom. The van der Waals surface area contributed by atoms with Crippen molar-refractivity contribution in [2.24, 2.45) is 0 Å². The van der Waals surface area contributed by atoms with Gasteiger partial charge in [0, 0.05) is 11.6 Å². The number of rotatable bonds is 5. The number of alkyl halides is 3. The third-order valence-electron chi connectivity index (χ3n) is 3.65. The fourth-order valence-corrected chi connectivity index (χ4v) is 3.25. The SMILES string of the molecule is Cc1cccc(C(=O)NC(N(S)C(=O)Nc2ccccc2[N+](=O)[O-])C(Cl)(Cl)Cl)c1. The van der Waals surface area contributed by atoms with Crippen LogP contribution in [-0.4, -0.2) is 31.1 Å². The highest BCUT2D eigenvalue weighted by Crippen LogP contribution is 2.34. The maximum Gasteiger partial charge on any atom is 0.333 e. The summed E-state index contributed by atoms with van der Waals surface area (Å²) in [7, 11) is 0. The number of urea groups is 1. The van der Waals surface area contributed by atoms with Gasteiger partial charge in [-0.3, -0.25) is 14.9 Å². The van der Waals surface area contributed by atoms with Gasteiger partial charge < -0.3 is 10.6 Å². The van der Waals surface area contributed by atoms with Crippen molar-refractivity contribution in [3.63, 3.8) is 0 Å². The summed E-state index contributed by atoms with van der Waals surface area (Å²) >= 11 is 21.8. The number of halogens is 3. The van der Waals surface area contributed by atoms with Crippen LogP contribution in [0.4, 0.5) is 16.2 Å². The highest BCUT2D eigenvalue weighted by Gasteiger charge is 2.40. The van der Waals surface area contributed by atoms with E-state index in [4.69, 9.17) is 34.8 Å². The lowest BCUT2D eigenvalue weighted by Crippen LogP contribution is -2.54. The van der Waals surface area contributed by atoms with Crippen LogP contribution in [0.2, 0.25) is 0 Å². The van der Waals surface area contributed by atoms with Crippen LogP contribution in [0.25, 0.3) is 0 Å². The molecule has 1 atom stereocenters. The van der Waals surface area contributed by atoms with Gasteiger partial charge in [-0.2, -0.15) is 0 Å². The van der Waals surface area contributed by atoms with Crippen LogP contribution in [0.15, 0.2) is 48.5 Å². The second-order valence-corrected chi connectivity index (χ2v) is 8.64. The van der Waals surface area contributed by atoms with Gasteiger partial charge in [-0.15, -0.1) is 0 Å². The number of carbonyl (C=O) groups excluding carboxylic acids is 2. The fraction of sp³-hybridized carbons (Fsp3) is 0.176. The normalized spacial score (nSPS) is 12.0. The summed E-state index contributed by atoms with van der Waals surface area (Å²) in [5.41, 5.74) is 0.691. The molecule has 8 nitrogen and oxygen atoms in total. The number of benzene rings is 2. The van der Waals surface area contributed by atoms with Crippen molar-refractivity contribution in [1.82, 2.24) is 9.62 Å². The number of hydrogen-bond acceptors (Lipinski definition) is 5. The van der Waals surface area contributed by atoms with Gasteiger partial charge in [0.25, 0.3) is 11.6 Å². The van der Waals surface area contributed by atoms with E-state index in [2.05, 4.69) is 23.4 Å². The lowest BCUT2D eigenvalue weighted by Gasteiger charge is -2.32. The Bertz CT molecular complexity index is 939. The standard InChI is InChI=1S/C17H15Cl3N4O4S/c1-10-5-4-6-11(9-10)14(25)22-15(17(18,19)20)23(29)16(26)21-12-7-2-3-8-13(12)24(27)28/h2-9,15,29H,1H3,(H,21,26)(H,22,25). The van der Waals surface area contributed by atoms with E-state index in [0.717, 1.165) is 5.56 Å². The Labute approximate surface area is 186 Å². The first-order chi connectivity index (χ1) is 13.5. The molecule has 0 spiro atoms. The number of nitro benzene ring substituents is 1. The van der Waals surface area contributed by atoms with E-state index >= 15 is 0 Å². The minimum atomic E-state index is -2.15. The number of thiol groups is 1. The monoisotopic (exact) mass is 476 g/mol. The van der Waals surface area contributed by atoms with Crippen LogP contribution in [0.3, 0.4) is 0 Å². The second kappa shape index (κ2) is 9.53. The number of nitro groups is 1. The Balaban J connectivity index is 2.23. The molecule has 0 saturated carbocycles. The Morgan fingerprint density at radius 1 is 1.17 bits per heavy atom. The third-order valence-corrected chi connectivity index (χ3v) is 4.69. The summed E-state index contributed by atoms with van der Waals surface area (Å²) in [6.45, 7) is 1.80. The largest absolute Gasteiger partial charge is 0.333 e. The molecule has 12 heteroatoms. The molecule has 2 N–H and O–H groups in total. The van der Waals surface area contributed by atoms with Crippen molar-refractivity contribution in [3.8, 4) is 0 Å². The molecule has 0 radical (unpaired) electrons. The molecular formula is C17H15Cl3N4O4S. The lowest BCUT2D eigenvalue weighted by molar-refractivity contribution is -0.383. The molecule has 0 aromatic heterocycles. The van der Waals surface area contributed by atoms with E-state index in [1.807, 2.05) is 0 Å². The van der Waals surface area contributed by atoms with E-state index in [-0.39, 0.29) is 16.9 Å². The number of carbonyl (C=O) groups is 2. The maximum absolute atomic E-state index is 12.5. The molecule has 29 heavy (non-hydrogen) atoms. The Kier molecular flexibility index (Phi) is 7.59. The first kappa shape index (κ1) is 23.1. The zero-order chi connectivity index (χ0) is 21.8. The first-order valence-corrected chi connectivity index (χ1v) is 9.51. The van der Waals surface area contributed by atoms with E-state index in [1.165, 1.54) is 24.3 Å². The van der Waals surface area contributed by atoms with E-state index in [9.17, 15) is 19.7 Å². The Hall–Kier alpha value is -2.20. The fourth-order valence-electron chi connectivity index (χ4n) is 2.30. The van der Waals surface area contributed by atoms with Gasteiger partial charge >= 0.3 is 6.03 Å². The molecule has 2 aromatic rings. The number of nitrogens with one attached hydrogen (secondary N) is 2. The quantitative estimate of drug-likeness (QED) is 0.191. The molecule has 0 aliphatic rings. The molecule has 0 saturated heterocycles. The van der Waals surface area contributed by atoms with Crippen LogP contribution >= 0.6 is 47.6 Å². The zero-order valence-corrected chi connectivity index (χ0v) is 18.0. The van der Waals surface area contributed by atoms with Crippen LogP contribution in [0.1, 0.15) is 15.9 Å². The number of hydrogen-bond donors (Lipinski definition) is 3. The third kappa shape index (κ3) is 6.14. The zero-order valence-electron chi connectivity index (χ0n) is 14.8. The van der Waals surface area contributed by atoms with Gasteiger partial charge in [0.1, 0.15) is 5.69 Å². The summed E-state index contributed by atoms with van der Waals surface area (Å²) in [5, 5.41) is 15.8. The van der Waals surface area contributed by atoms with Crippen molar-refractivity contribution >= 4 is 70.9 Å². The van der Waals surface area contributed by atoms with Crippen molar-refractivity contribution in [2.75, 3.05) is 5.32 Å². The average molecular weight is 478 g/mol. The highest BCUT2D eigenvalue weighted by molar-refractivity contribution is 7.78. The molecule has 1 unspecified atom stereocenters. The topological polar surface area (TPSA) is 105 Å². The lowest BCUT2D eigenvalue weighted by atomic mass is 10.1. The first-order valence-electron chi connectivity index (χ1n) is 7.97. The smallest absolute Gasteiger partial charge is 0.327 e. The van der Waals surface area contributed by atoms with Crippen molar-refractivity contribution in [2.45, 2.75) is 16.9 Å². The number of aryl methyl sites for hydroxylation is 1. The maximum atomic E-state index is 12.5. The molecule has 2 aromatic carbocycles. The van der Waals surface area contributed by atoms with Gasteiger partial charge in [-0.25, -0.2) is 9.10 Å². The average Bonchev–Trinajstić information content (AvgIpc) is 2.64. The van der Waals surface area contributed by atoms with E-state index < -0.39 is 26.8 Å². The van der Waals surface area contributed by atoms with Crippen molar-refractivity contribution in [1.29, 1.82) is 0 Å².